The summed E-state index contributed by atoms with van der Waals surface area (Å²) in [5.74, 6) is -1.26. The van der Waals surface area contributed by atoms with Crippen LogP contribution in [0, 0.1) is 0 Å². The van der Waals surface area contributed by atoms with Gasteiger partial charge in [-0.2, -0.15) is 0 Å². The van der Waals surface area contributed by atoms with Crippen LogP contribution < -0.4 is 26.6 Å². The number of carbonyl (C=O) groups excluding carboxylic acids is 6. The van der Waals surface area contributed by atoms with Crippen LogP contribution in [0.5, 0.6) is 0 Å². The van der Waals surface area contributed by atoms with Gasteiger partial charge in [-0.15, -0.1) is 10.2 Å². The third-order valence-corrected chi connectivity index (χ3v) is 16.9. The number of likely N-dealkylation sites (N-methyl/N-ethyl adjacent to an activating group) is 1. The van der Waals surface area contributed by atoms with Crippen molar-refractivity contribution < 1.29 is 33.5 Å². The molecule has 400 valence electrons. The highest BCUT2D eigenvalue weighted by molar-refractivity contribution is 5.94. The van der Waals surface area contributed by atoms with Crippen LogP contribution in [0.25, 0.3) is 0 Å². The molecule has 10 rings (SSSR count). The highest BCUT2D eigenvalue weighted by Gasteiger charge is 2.48. The van der Waals surface area contributed by atoms with Gasteiger partial charge in [0, 0.05) is 18.5 Å². The molecule has 2 aromatic carbocycles. The zero-order valence-electron chi connectivity index (χ0n) is 43.5. The maximum absolute atomic E-state index is 14.5. The van der Waals surface area contributed by atoms with Gasteiger partial charge in [0.15, 0.2) is 0 Å². The van der Waals surface area contributed by atoms with E-state index in [1.165, 1.54) is 11.1 Å². The van der Waals surface area contributed by atoms with Crippen LogP contribution in [0.1, 0.15) is 168 Å². The Kier molecular flexibility index (Phi) is 16.0. The fraction of sp³-hybridized carbons (Fsp3) is 0.600. The van der Waals surface area contributed by atoms with E-state index in [1.807, 2.05) is 46.0 Å². The monoisotopic (exact) mass is 1030 g/mol. The van der Waals surface area contributed by atoms with E-state index in [2.05, 4.69) is 71.5 Å². The SMILES string of the molecule is CCC(=O)N[C@H]1CC[C@H](n2cc(COCc3cn([C@H]4CC[C@H](NC(=O)[C@H](C)NC)C(=O)N5[C@H](CC[C@H]5C(=O)N[C@H]5CCCc6ccccc65)C4)nn3)nn2)C[C@H]2CC[C@@H](C(=O)N[C@@H]3CCCc4ccccc43)N2C1=O. The molecule has 0 unspecified atom stereocenters. The molecule has 4 fully saturated rings. The zero-order chi connectivity index (χ0) is 52.2. The Labute approximate surface area is 438 Å². The molecule has 5 N–H and O–H groups in total. The zero-order valence-corrected chi connectivity index (χ0v) is 43.5. The van der Waals surface area contributed by atoms with Gasteiger partial charge < -0.3 is 41.1 Å². The van der Waals surface area contributed by atoms with Gasteiger partial charge >= 0.3 is 0 Å². The van der Waals surface area contributed by atoms with Crippen LogP contribution in [-0.4, -0.2) is 125 Å². The number of aryl methyl sites for hydroxylation is 2. The van der Waals surface area contributed by atoms with E-state index in [-0.39, 0.29) is 91.3 Å². The third kappa shape index (κ3) is 11.4. The fourth-order valence-corrected chi connectivity index (χ4v) is 12.8. The van der Waals surface area contributed by atoms with Crippen molar-refractivity contribution in [1.29, 1.82) is 0 Å². The Bertz CT molecular complexity index is 2730. The van der Waals surface area contributed by atoms with E-state index in [0.29, 0.717) is 75.6 Å². The summed E-state index contributed by atoms with van der Waals surface area (Å²) in [7, 11) is 1.70. The van der Waals surface area contributed by atoms with E-state index >= 15 is 0 Å². The van der Waals surface area contributed by atoms with Crippen molar-refractivity contribution in [2.75, 3.05) is 7.05 Å². The maximum Gasteiger partial charge on any atom is 0.246 e. The van der Waals surface area contributed by atoms with E-state index < -0.39 is 30.2 Å². The molecule has 2 aliphatic carbocycles. The van der Waals surface area contributed by atoms with Gasteiger partial charge in [0.1, 0.15) is 35.6 Å². The first kappa shape index (κ1) is 51.9. The van der Waals surface area contributed by atoms with Crippen molar-refractivity contribution in [3.05, 3.63) is 94.6 Å². The van der Waals surface area contributed by atoms with Crippen molar-refractivity contribution in [3.63, 3.8) is 0 Å². The summed E-state index contributed by atoms with van der Waals surface area (Å²) < 4.78 is 9.81. The first-order valence-corrected chi connectivity index (χ1v) is 27.5. The molecule has 0 radical (unpaired) electrons. The lowest BCUT2D eigenvalue weighted by Crippen LogP contribution is -2.58. The number of hydrogen-bond donors (Lipinski definition) is 5. The number of ether oxygens (including phenoxy) is 1. The molecule has 2 aromatic heterocycles. The average molecular weight is 1030 g/mol. The average Bonchev–Trinajstić information content (AvgIpc) is 4.28. The molecular formula is C55H73N13O7. The summed E-state index contributed by atoms with van der Waals surface area (Å²) >= 11 is 0. The number of amides is 6. The van der Waals surface area contributed by atoms with Gasteiger partial charge in [0.25, 0.3) is 0 Å². The van der Waals surface area contributed by atoms with Crippen molar-refractivity contribution in [1.82, 2.24) is 66.4 Å². The Balaban J connectivity index is 0.782. The molecule has 6 heterocycles. The van der Waals surface area contributed by atoms with Gasteiger partial charge in [0.05, 0.1) is 55.8 Å². The van der Waals surface area contributed by atoms with Gasteiger partial charge in [-0.25, -0.2) is 9.36 Å². The second-order valence-electron chi connectivity index (χ2n) is 21.6. The van der Waals surface area contributed by atoms with Gasteiger partial charge in [-0.3, -0.25) is 28.8 Å². The summed E-state index contributed by atoms with van der Waals surface area (Å²) in [6.07, 6.45) is 14.9. The molecule has 0 bridgehead atoms. The fourth-order valence-electron chi connectivity index (χ4n) is 12.8. The van der Waals surface area contributed by atoms with Crippen LogP contribution in [-0.2, 0) is 59.6 Å². The van der Waals surface area contributed by atoms with Crippen molar-refractivity contribution in [3.8, 4) is 0 Å². The normalized spacial score (nSPS) is 28.0. The lowest BCUT2D eigenvalue weighted by molar-refractivity contribution is -0.145. The van der Waals surface area contributed by atoms with Gasteiger partial charge in [0.2, 0.25) is 35.4 Å². The Hall–Kier alpha value is -6.54. The van der Waals surface area contributed by atoms with Crippen LogP contribution in [0.4, 0.5) is 0 Å². The van der Waals surface area contributed by atoms with Crippen LogP contribution >= 0.6 is 0 Å². The van der Waals surface area contributed by atoms with Crippen molar-refractivity contribution >= 4 is 35.4 Å². The van der Waals surface area contributed by atoms with Crippen molar-refractivity contribution in [2.24, 2.45) is 0 Å². The van der Waals surface area contributed by atoms with E-state index in [9.17, 15) is 28.8 Å². The maximum atomic E-state index is 14.5. The van der Waals surface area contributed by atoms with E-state index in [1.54, 1.807) is 30.7 Å². The Morgan fingerprint density at radius 2 is 1.07 bits per heavy atom. The first-order chi connectivity index (χ1) is 36.5. The predicted molar refractivity (Wildman–Crippen MR) is 275 cm³/mol. The molecule has 4 aromatic rings. The number of benzene rings is 2. The molecule has 20 nitrogen and oxygen atoms in total. The number of aromatic nitrogens is 6. The summed E-state index contributed by atoms with van der Waals surface area (Å²) in [5.41, 5.74) is 5.98. The topological polar surface area (TPSA) is 240 Å². The van der Waals surface area contributed by atoms with Crippen LogP contribution in [0.3, 0.4) is 0 Å². The first-order valence-electron chi connectivity index (χ1n) is 27.5. The second-order valence-corrected chi connectivity index (χ2v) is 21.6. The highest BCUT2D eigenvalue weighted by Crippen LogP contribution is 2.39. The standard InChI is InChI=1S/C55H73N13O7/c1-4-50(69)57-46-23-19-38(27-40-21-25-48(67(40)54(46)73)52(71)58-44-17-9-13-34-11-5-7-15-42(34)44)65-29-36(61-63-65)31-75-32-37-30-66(64-62-37)39-20-24-47(60-51(70)33(2)56-3)55(74)68-41(28-39)22-26-49(68)53(72)59-45-18-10-14-35-12-6-8-16-43(35)45/h5-8,11-12,15-16,29-30,33,38-41,44-49,56H,4,9-10,13-14,17-28,31-32H2,1-3H3,(H,57,69)(H,58,71)(H,59,72)(H,60,70)/t33-,38-,39-,40+,41+,44+,45-,46-,47-,48-,49-/m0/s1. The van der Waals surface area contributed by atoms with Crippen LogP contribution in [0.2, 0.25) is 0 Å². The Morgan fingerprint density at radius 1 is 0.600 bits per heavy atom. The second kappa shape index (κ2) is 23.1. The summed E-state index contributed by atoms with van der Waals surface area (Å²) in [6.45, 7) is 3.81. The van der Waals surface area contributed by atoms with E-state index in [4.69, 9.17) is 4.74 Å². The lowest BCUT2D eigenvalue weighted by Gasteiger charge is -2.38. The molecule has 11 atom stereocenters. The van der Waals surface area contributed by atoms with Gasteiger partial charge in [-0.1, -0.05) is 65.9 Å². The van der Waals surface area contributed by atoms with E-state index in [0.717, 1.165) is 49.7 Å². The Morgan fingerprint density at radius 3 is 1.55 bits per heavy atom. The molecule has 20 heteroatoms. The summed E-state index contributed by atoms with van der Waals surface area (Å²) in [6, 6.07) is 12.0. The minimum atomic E-state index is -0.818. The molecule has 6 amide bonds. The minimum absolute atomic E-state index is 0.113. The number of hydrogen-bond acceptors (Lipinski definition) is 12. The molecule has 0 spiro atoms. The number of rotatable bonds is 15. The number of nitrogens with zero attached hydrogens (tertiary/aromatic N) is 8. The molecule has 6 aliphatic rings. The molecule has 0 saturated carbocycles. The molecule has 4 aliphatic heterocycles. The molecular weight excluding hydrogens is 955 g/mol. The number of fused-ring (bicyclic) bond motifs is 4. The minimum Gasteiger partial charge on any atom is -0.369 e. The summed E-state index contributed by atoms with van der Waals surface area (Å²) in [5, 5.41) is 33.5. The van der Waals surface area contributed by atoms with Crippen molar-refractivity contribution in [2.45, 2.75) is 203 Å². The smallest absolute Gasteiger partial charge is 0.246 e. The number of nitrogens with one attached hydrogen (secondary N) is 5. The summed E-state index contributed by atoms with van der Waals surface area (Å²) in [4.78, 5) is 86.6. The molecule has 75 heavy (non-hydrogen) atoms. The predicted octanol–water partition coefficient (Wildman–Crippen LogP) is 4.13. The highest BCUT2D eigenvalue weighted by atomic mass is 16.5. The number of carbonyl (C=O) groups is 6. The quantitative estimate of drug-likeness (QED) is 0.113. The third-order valence-electron chi connectivity index (χ3n) is 16.9. The lowest BCUT2D eigenvalue weighted by atomic mass is 9.87. The van der Waals surface area contributed by atoms with Crippen LogP contribution in [0.15, 0.2) is 60.9 Å². The largest absolute Gasteiger partial charge is 0.369 e. The molecule has 4 saturated heterocycles. The van der Waals surface area contributed by atoms with Gasteiger partial charge in [-0.05, 0) is 139 Å².